The lowest BCUT2D eigenvalue weighted by atomic mass is 10.1. The van der Waals surface area contributed by atoms with Crippen molar-refractivity contribution in [1.29, 1.82) is 0 Å². The summed E-state index contributed by atoms with van der Waals surface area (Å²) >= 11 is 0. The summed E-state index contributed by atoms with van der Waals surface area (Å²) in [6.45, 7) is 2.09. The fraction of sp³-hybridized carbons (Fsp3) is 0.667. The molecule has 0 atom stereocenters. The van der Waals surface area contributed by atoms with E-state index in [4.69, 9.17) is 0 Å². The second-order valence-corrected chi connectivity index (χ2v) is 3.45. The Kier molecular flexibility index (Phi) is 9.49. The predicted molar refractivity (Wildman–Crippen MR) is 58.2 cm³/mol. The van der Waals surface area contributed by atoms with Gasteiger partial charge in [0.25, 0.3) is 0 Å². The zero-order valence-electron chi connectivity index (χ0n) is 9.00. The van der Waals surface area contributed by atoms with Gasteiger partial charge < -0.3 is 0 Å². The summed E-state index contributed by atoms with van der Waals surface area (Å²) in [4.78, 5) is 21.1. The van der Waals surface area contributed by atoms with Gasteiger partial charge in [-0.15, -0.1) is 0 Å². The molecule has 0 saturated carbocycles. The van der Waals surface area contributed by atoms with Crippen LogP contribution in [0.3, 0.4) is 0 Å². The molecule has 0 unspecified atom stereocenters. The van der Waals surface area contributed by atoms with Gasteiger partial charge in [-0.1, -0.05) is 19.4 Å². The first-order valence-electron chi connectivity index (χ1n) is 5.43. The Bertz CT molecular complexity index is 183. The van der Waals surface area contributed by atoms with Gasteiger partial charge in [0.2, 0.25) is 0 Å². The molecule has 0 heterocycles. The fourth-order valence-corrected chi connectivity index (χ4v) is 1.24. The monoisotopic (exact) mass is 196 g/mol. The lowest BCUT2D eigenvalue weighted by Crippen LogP contribution is -1.96. The minimum Gasteiger partial charge on any atom is -0.300 e. The van der Waals surface area contributed by atoms with Crippen molar-refractivity contribution in [2.45, 2.75) is 51.9 Å². The molecule has 2 nitrogen and oxygen atoms in total. The number of ketones is 1. The molecular formula is C12H20O2. The standard InChI is InChI=1S/C12H20O2/c1-2-3-9-12(14)10-7-5-4-6-8-11-13/h6,8,11H,2-5,7,9-10H2,1H3. The number of unbranched alkanes of at least 4 members (excludes halogenated alkanes) is 3. The number of hydrogen-bond acceptors (Lipinski definition) is 2. The van der Waals surface area contributed by atoms with Crippen LogP contribution in [0.25, 0.3) is 0 Å². The van der Waals surface area contributed by atoms with Gasteiger partial charge in [0.15, 0.2) is 0 Å². The van der Waals surface area contributed by atoms with Crippen molar-refractivity contribution in [2.24, 2.45) is 0 Å². The zero-order chi connectivity index (χ0) is 10.6. The molecular weight excluding hydrogens is 176 g/mol. The van der Waals surface area contributed by atoms with Crippen LogP contribution in [-0.2, 0) is 9.59 Å². The lowest BCUT2D eigenvalue weighted by Gasteiger charge is -1.98. The third-order valence-corrected chi connectivity index (χ3v) is 2.10. The van der Waals surface area contributed by atoms with Crippen molar-refractivity contribution < 1.29 is 9.59 Å². The van der Waals surface area contributed by atoms with Gasteiger partial charge in [0.05, 0.1) is 0 Å². The number of aldehydes is 1. The molecule has 0 aliphatic heterocycles. The van der Waals surface area contributed by atoms with E-state index in [1.165, 1.54) is 6.08 Å². The van der Waals surface area contributed by atoms with E-state index in [1.807, 2.05) is 6.08 Å². The fourth-order valence-electron chi connectivity index (χ4n) is 1.24. The quantitative estimate of drug-likeness (QED) is 0.322. The zero-order valence-corrected chi connectivity index (χ0v) is 9.00. The Hall–Kier alpha value is -0.920. The summed E-state index contributed by atoms with van der Waals surface area (Å²) in [6.07, 6.45) is 10.6. The first-order valence-corrected chi connectivity index (χ1v) is 5.43. The molecule has 0 aromatic rings. The number of hydrogen-bond donors (Lipinski definition) is 0. The van der Waals surface area contributed by atoms with E-state index in [1.54, 1.807) is 0 Å². The summed E-state index contributed by atoms with van der Waals surface area (Å²) < 4.78 is 0. The smallest absolute Gasteiger partial charge is 0.142 e. The van der Waals surface area contributed by atoms with Crippen molar-refractivity contribution in [1.82, 2.24) is 0 Å². The van der Waals surface area contributed by atoms with E-state index in [9.17, 15) is 9.59 Å². The van der Waals surface area contributed by atoms with Gasteiger partial charge in [0.1, 0.15) is 12.1 Å². The van der Waals surface area contributed by atoms with Crippen LogP contribution >= 0.6 is 0 Å². The number of carbonyl (C=O) groups excluding carboxylic acids is 2. The third-order valence-electron chi connectivity index (χ3n) is 2.10. The highest BCUT2D eigenvalue weighted by atomic mass is 16.1. The molecule has 0 amide bonds. The maximum Gasteiger partial charge on any atom is 0.142 e. The van der Waals surface area contributed by atoms with Crippen molar-refractivity contribution in [3.63, 3.8) is 0 Å². The Morgan fingerprint density at radius 3 is 2.50 bits per heavy atom. The van der Waals surface area contributed by atoms with Gasteiger partial charge in [0, 0.05) is 12.8 Å². The second kappa shape index (κ2) is 10.2. The molecule has 14 heavy (non-hydrogen) atoms. The van der Waals surface area contributed by atoms with Gasteiger partial charge in [-0.25, -0.2) is 0 Å². The topological polar surface area (TPSA) is 34.1 Å². The van der Waals surface area contributed by atoms with E-state index in [-0.39, 0.29) is 0 Å². The summed E-state index contributed by atoms with van der Waals surface area (Å²) in [5, 5.41) is 0. The van der Waals surface area contributed by atoms with E-state index in [0.29, 0.717) is 12.2 Å². The summed E-state index contributed by atoms with van der Waals surface area (Å²) in [7, 11) is 0. The number of allylic oxidation sites excluding steroid dienone is 2. The Labute approximate surface area is 86.4 Å². The minimum absolute atomic E-state index is 0.381. The van der Waals surface area contributed by atoms with Gasteiger partial charge in [-0.3, -0.25) is 9.59 Å². The van der Waals surface area contributed by atoms with Crippen LogP contribution in [0.1, 0.15) is 51.9 Å². The maximum atomic E-state index is 11.2. The summed E-state index contributed by atoms with van der Waals surface area (Å²) in [5.74, 6) is 0.381. The maximum absolute atomic E-state index is 11.2. The molecule has 0 aromatic carbocycles. The molecule has 0 aliphatic carbocycles. The van der Waals surface area contributed by atoms with Crippen LogP contribution in [-0.4, -0.2) is 12.1 Å². The van der Waals surface area contributed by atoms with Gasteiger partial charge in [-0.05, 0) is 31.8 Å². The number of rotatable bonds is 9. The summed E-state index contributed by atoms with van der Waals surface area (Å²) in [5.41, 5.74) is 0. The highest BCUT2D eigenvalue weighted by molar-refractivity contribution is 5.78. The molecule has 0 fully saturated rings. The molecule has 0 bridgehead atoms. The lowest BCUT2D eigenvalue weighted by molar-refractivity contribution is -0.119. The van der Waals surface area contributed by atoms with E-state index >= 15 is 0 Å². The molecule has 0 aromatic heterocycles. The first kappa shape index (κ1) is 13.1. The van der Waals surface area contributed by atoms with Crippen molar-refractivity contribution in [3.8, 4) is 0 Å². The first-order chi connectivity index (χ1) is 6.81. The normalized spacial score (nSPS) is 10.6. The molecule has 2 heteroatoms. The van der Waals surface area contributed by atoms with Gasteiger partial charge >= 0.3 is 0 Å². The summed E-state index contributed by atoms with van der Waals surface area (Å²) in [6, 6.07) is 0. The average molecular weight is 196 g/mol. The van der Waals surface area contributed by atoms with Crippen molar-refractivity contribution in [3.05, 3.63) is 12.2 Å². The highest BCUT2D eigenvalue weighted by Gasteiger charge is 1.99. The van der Waals surface area contributed by atoms with Crippen LogP contribution in [0.15, 0.2) is 12.2 Å². The average Bonchev–Trinajstić information content (AvgIpc) is 2.20. The Morgan fingerprint density at radius 2 is 1.86 bits per heavy atom. The van der Waals surface area contributed by atoms with Crippen LogP contribution < -0.4 is 0 Å². The molecule has 0 aliphatic rings. The molecule has 80 valence electrons. The van der Waals surface area contributed by atoms with E-state index in [0.717, 1.165) is 44.8 Å². The predicted octanol–water partition coefficient (Wildman–Crippen LogP) is 3.06. The largest absolute Gasteiger partial charge is 0.300 e. The Morgan fingerprint density at radius 1 is 1.14 bits per heavy atom. The third kappa shape index (κ3) is 9.17. The van der Waals surface area contributed by atoms with Crippen LogP contribution in [0, 0.1) is 0 Å². The molecule has 0 N–H and O–H groups in total. The highest BCUT2D eigenvalue weighted by Crippen LogP contribution is 2.05. The number of Topliss-reactive ketones (excluding diaryl/α,β-unsaturated/α-hetero) is 1. The SMILES string of the molecule is CCCCC(=O)CCCCC=CC=O. The van der Waals surface area contributed by atoms with Crippen molar-refractivity contribution >= 4 is 12.1 Å². The van der Waals surface area contributed by atoms with E-state index < -0.39 is 0 Å². The van der Waals surface area contributed by atoms with Crippen molar-refractivity contribution in [2.75, 3.05) is 0 Å². The molecule has 0 spiro atoms. The van der Waals surface area contributed by atoms with Crippen LogP contribution in [0.4, 0.5) is 0 Å². The minimum atomic E-state index is 0.381. The van der Waals surface area contributed by atoms with Gasteiger partial charge in [-0.2, -0.15) is 0 Å². The number of carbonyl (C=O) groups is 2. The molecule has 0 rings (SSSR count). The van der Waals surface area contributed by atoms with E-state index in [2.05, 4.69) is 6.92 Å². The Balaban J connectivity index is 3.22. The second-order valence-electron chi connectivity index (χ2n) is 3.45. The molecule has 0 radical (unpaired) electrons. The molecule has 0 saturated heterocycles. The van der Waals surface area contributed by atoms with Crippen LogP contribution in [0.2, 0.25) is 0 Å². The van der Waals surface area contributed by atoms with Crippen LogP contribution in [0.5, 0.6) is 0 Å².